The first-order chi connectivity index (χ1) is 9.43. The normalized spacial score (nSPS) is 18.8. The Balaban J connectivity index is 2.06. The SMILES string of the molecule is CCN(CCCNCC(O)CC1CCCC1)S(C)(=O)=O. The molecule has 6 heteroatoms. The van der Waals surface area contributed by atoms with Crippen LogP contribution in [0.25, 0.3) is 0 Å². The van der Waals surface area contributed by atoms with Crippen molar-refractivity contribution in [3.05, 3.63) is 0 Å². The van der Waals surface area contributed by atoms with E-state index in [9.17, 15) is 13.5 Å². The molecule has 0 aromatic heterocycles. The van der Waals surface area contributed by atoms with Crippen molar-refractivity contribution in [3.8, 4) is 0 Å². The second kappa shape index (κ2) is 8.97. The van der Waals surface area contributed by atoms with Crippen LogP contribution in [0.4, 0.5) is 0 Å². The zero-order chi connectivity index (χ0) is 15.0. The first kappa shape index (κ1) is 17.9. The zero-order valence-corrected chi connectivity index (χ0v) is 13.7. The molecule has 0 bridgehead atoms. The average Bonchev–Trinajstić information content (AvgIpc) is 2.84. The molecule has 1 rings (SSSR count). The molecule has 0 aromatic carbocycles. The molecule has 1 fully saturated rings. The number of aliphatic hydroxyl groups excluding tert-OH is 1. The van der Waals surface area contributed by atoms with Crippen LogP contribution in [0.15, 0.2) is 0 Å². The Morgan fingerprint density at radius 3 is 2.55 bits per heavy atom. The summed E-state index contributed by atoms with van der Waals surface area (Å²) in [5.41, 5.74) is 0. The van der Waals surface area contributed by atoms with Gasteiger partial charge in [-0.15, -0.1) is 0 Å². The summed E-state index contributed by atoms with van der Waals surface area (Å²) in [6, 6.07) is 0. The van der Waals surface area contributed by atoms with E-state index in [2.05, 4.69) is 5.32 Å². The highest BCUT2D eigenvalue weighted by atomic mass is 32.2. The predicted molar refractivity (Wildman–Crippen MR) is 82.2 cm³/mol. The molecule has 120 valence electrons. The number of hydrogen-bond donors (Lipinski definition) is 2. The molecule has 0 aliphatic heterocycles. The van der Waals surface area contributed by atoms with E-state index in [4.69, 9.17) is 0 Å². The van der Waals surface area contributed by atoms with E-state index >= 15 is 0 Å². The van der Waals surface area contributed by atoms with Gasteiger partial charge in [0.2, 0.25) is 10.0 Å². The summed E-state index contributed by atoms with van der Waals surface area (Å²) < 4.78 is 24.3. The van der Waals surface area contributed by atoms with Crippen LogP contribution in [0.1, 0.15) is 45.4 Å². The van der Waals surface area contributed by atoms with Crippen LogP contribution in [0.3, 0.4) is 0 Å². The van der Waals surface area contributed by atoms with Crippen molar-refractivity contribution in [2.24, 2.45) is 5.92 Å². The minimum Gasteiger partial charge on any atom is -0.392 e. The fourth-order valence-electron chi connectivity index (χ4n) is 2.92. The Labute approximate surface area is 123 Å². The summed E-state index contributed by atoms with van der Waals surface area (Å²) >= 11 is 0. The lowest BCUT2D eigenvalue weighted by atomic mass is 10.0. The minimum absolute atomic E-state index is 0.268. The molecular weight excluding hydrogens is 276 g/mol. The molecule has 0 radical (unpaired) electrons. The summed E-state index contributed by atoms with van der Waals surface area (Å²) in [5, 5.41) is 13.1. The van der Waals surface area contributed by atoms with E-state index in [1.165, 1.54) is 36.2 Å². The molecule has 1 atom stereocenters. The molecule has 0 amide bonds. The molecular formula is C14H30N2O3S. The van der Waals surface area contributed by atoms with E-state index in [1.807, 2.05) is 6.92 Å². The van der Waals surface area contributed by atoms with Gasteiger partial charge in [0.1, 0.15) is 0 Å². The lowest BCUT2D eigenvalue weighted by Crippen LogP contribution is -2.34. The number of aliphatic hydroxyl groups is 1. The molecule has 1 saturated carbocycles. The van der Waals surface area contributed by atoms with Gasteiger partial charge in [0.05, 0.1) is 12.4 Å². The lowest BCUT2D eigenvalue weighted by Gasteiger charge is -2.19. The Morgan fingerprint density at radius 2 is 2.00 bits per heavy atom. The van der Waals surface area contributed by atoms with Crippen molar-refractivity contribution >= 4 is 10.0 Å². The number of hydrogen-bond acceptors (Lipinski definition) is 4. The van der Waals surface area contributed by atoms with Crippen LogP contribution in [-0.4, -0.2) is 56.4 Å². The van der Waals surface area contributed by atoms with Crippen LogP contribution in [0.5, 0.6) is 0 Å². The van der Waals surface area contributed by atoms with Crippen LogP contribution in [0.2, 0.25) is 0 Å². The van der Waals surface area contributed by atoms with Crippen LogP contribution < -0.4 is 5.32 Å². The summed E-state index contributed by atoms with van der Waals surface area (Å²) in [4.78, 5) is 0. The highest BCUT2D eigenvalue weighted by Gasteiger charge is 2.18. The van der Waals surface area contributed by atoms with Gasteiger partial charge < -0.3 is 10.4 Å². The smallest absolute Gasteiger partial charge is 0.211 e. The maximum Gasteiger partial charge on any atom is 0.211 e. The molecule has 0 saturated heterocycles. The van der Waals surface area contributed by atoms with E-state index < -0.39 is 10.0 Å². The quantitative estimate of drug-likeness (QED) is 0.595. The lowest BCUT2D eigenvalue weighted by molar-refractivity contribution is 0.140. The van der Waals surface area contributed by atoms with Gasteiger partial charge >= 0.3 is 0 Å². The number of rotatable bonds is 10. The van der Waals surface area contributed by atoms with Gasteiger partial charge in [-0.25, -0.2) is 12.7 Å². The van der Waals surface area contributed by atoms with Gasteiger partial charge in [0.15, 0.2) is 0 Å². The molecule has 2 N–H and O–H groups in total. The van der Waals surface area contributed by atoms with Crippen molar-refractivity contribution < 1.29 is 13.5 Å². The van der Waals surface area contributed by atoms with E-state index in [-0.39, 0.29) is 6.10 Å². The van der Waals surface area contributed by atoms with Crippen molar-refractivity contribution in [2.45, 2.75) is 51.6 Å². The highest BCUT2D eigenvalue weighted by molar-refractivity contribution is 7.88. The summed E-state index contributed by atoms with van der Waals surface area (Å²) in [5.74, 6) is 0.701. The standard InChI is InChI=1S/C14H30N2O3S/c1-3-16(20(2,18)19)10-6-9-15-12-14(17)11-13-7-4-5-8-13/h13-15,17H,3-12H2,1-2H3. The predicted octanol–water partition coefficient (Wildman–Crippen LogP) is 1.19. The number of nitrogens with zero attached hydrogens (tertiary/aromatic N) is 1. The van der Waals surface area contributed by atoms with Gasteiger partial charge in [-0.05, 0) is 25.3 Å². The molecule has 0 aromatic rings. The Morgan fingerprint density at radius 1 is 1.35 bits per heavy atom. The summed E-state index contributed by atoms with van der Waals surface area (Å²) in [6.45, 7) is 4.26. The number of nitrogens with one attached hydrogen (secondary N) is 1. The molecule has 1 aliphatic carbocycles. The fourth-order valence-corrected chi connectivity index (χ4v) is 3.85. The Bertz CT molecular complexity index is 353. The second-order valence-corrected chi connectivity index (χ2v) is 7.83. The maximum atomic E-state index is 11.4. The zero-order valence-electron chi connectivity index (χ0n) is 12.8. The second-order valence-electron chi connectivity index (χ2n) is 5.85. The number of sulfonamides is 1. The average molecular weight is 306 g/mol. The molecule has 20 heavy (non-hydrogen) atoms. The maximum absolute atomic E-state index is 11.4. The van der Waals surface area contributed by atoms with Crippen molar-refractivity contribution in [3.63, 3.8) is 0 Å². The fraction of sp³-hybridized carbons (Fsp3) is 1.00. The van der Waals surface area contributed by atoms with Gasteiger partial charge in [-0.2, -0.15) is 0 Å². The third kappa shape index (κ3) is 7.02. The van der Waals surface area contributed by atoms with Crippen molar-refractivity contribution in [2.75, 3.05) is 32.4 Å². The highest BCUT2D eigenvalue weighted by Crippen LogP contribution is 2.28. The monoisotopic (exact) mass is 306 g/mol. The first-order valence-corrected chi connectivity index (χ1v) is 9.62. The third-order valence-electron chi connectivity index (χ3n) is 4.04. The van der Waals surface area contributed by atoms with Gasteiger partial charge in [-0.3, -0.25) is 0 Å². The first-order valence-electron chi connectivity index (χ1n) is 7.77. The summed E-state index contributed by atoms with van der Waals surface area (Å²) in [6.07, 6.45) is 7.79. The summed E-state index contributed by atoms with van der Waals surface area (Å²) in [7, 11) is -3.08. The largest absolute Gasteiger partial charge is 0.392 e. The van der Waals surface area contributed by atoms with E-state index in [0.29, 0.717) is 25.6 Å². The Hall–Kier alpha value is -0.170. The van der Waals surface area contributed by atoms with Crippen molar-refractivity contribution in [1.29, 1.82) is 0 Å². The van der Waals surface area contributed by atoms with Gasteiger partial charge in [-0.1, -0.05) is 32.6 Å². The molecule has 0 spiro atoms. The van der Waals surface area contributed by atoms with E-state index in [0.717, 1.165) is 19.4 Å². The molecule has 1 unspecified atom stereocenters. The van der Waals surface area contributed by atoms with Gasteiger partial charge in [0.25, 0.3) is 0 Å². The minimum atomic E-state index is -3.08. The molecule has 1 aliphatic rings. The molecule has 5 nitrogen and oxygen atoms in total. The van der Waals surface area contributed by atoms with Crippen molar-refractivity contribution in [1.82, 2.24) is 9.62 Å². The van der Waals surface area contributed by atoms with Gasteiger partial charge in [0, 0.05) is 19.6 Å². The molecule has 0 heterocycles. The topological polar surface area (TPSA) is 69.6 Å². The third-order valence-corrected chi connectivity index (χ3v) is 5.42. The van der Waals surface area contributed by atoms with Crippen LogP contribution in [-0.2, 0) is 10.0 Å². The Kier molecular flexibility index (Phi) is 8.02. The van der Waals surface area contributed by atoms with Crippen LogP contribution >= 0.6 is 0 Å². The van der Waals surface area contributed by atoms with E-state index in [1.54, 1.807) is 0 Å². The van der Waals surface area contributed by atoms with Crippen LogP contribution in [0, 0.1) is 5.92 Å².